The van der Waals surface area contributed by atoms with Crippen molar-refractivity contribution in [3.63, 3.8) is 0 Å². The van der Waals surface area contributed by atoms with E-state index in [1.165, 1.54) is 6.39 Å². The number of aromatic nitrogens is 3. The van der Waals surface area contributed by atoms with Crippen molar-refractivity contribution in [3.8, 4) is 0 Å². The molecule has 2 rings (SSSR count). The van der Waals surface area contributed by atoms with Crippen LogP contribution in [-0.4, -0.2) is 15.2 Å². The first kappa shape index (κ1) is 6.90. The van der Waals surface area contributed by atoms with Crippen LogP contribution < -0.4 is 5.32 Å². The van der Waals surface area contributed by atoms with Crippen LogP contribution in [-0.2, 0) is 6.54 Å². The lowest BCUT2D eigenvalue weighted by molar-refractivity contribution is 0.556. The van der Waals surface area contributed by atoms with Gasteiger partial charge in [0.25, 0.3) is 0 Å². The maximum Gasteiger partial charge on any atom is 0.180 e. The third-order valence-corrected chi connectivity index (χ3v) is 1.46. The Balaban J connectivity index is 1.91. The van der Waals surface area contributed by atoms with E-state index in [1.54, 1.807) is 18.7 Å². The van der Waals surface area contributed by atoms with Crippen molar-refractivity contribution in [1.29, 1.82) is 0 Å². The number of H-pyrrole nitrogens is 1. The van der Waals surface area contributed by atoms with E-state index in [0.717, 1.165) is 11.4 Å². The van der Waals surface area contributed by atoms with Crippen LogP contribution in [0, 0.1) is 0 Å². The van der Waals surface area contributed by atoms with E-state index < -0.39 is 0 Å². The molecule has 0 radical (unpaired) electrons. The van der Waals surface area contributed by atoms with Crippen LogP contribution in [0.15, 0.2) is 29.5 Å². The molecule has 0 bridgehead atoms. The Morgan fingerprint density at radius 1 is 1.58 bits per heavy atom. The van der Waals surface area contributed by atoms with Crippen molar-refractivity contribution in [3.05, 3.63) is 30.7 Å². The second-order valence-electron chi connectivity index (χ2n) is 2.32. The van der Waals surface area contributed by atoms with Gasteiger partial charge in [0.05, 0.1) is 24.1 Å². The van der Waals surface area contributed by atoms with E-state index in [2.05, 4.69) is 20.5 Å². The number of hydrogen-bond acceptors (Lipinski definition) is 4. The number of rotatable bonds is 3. The zero-order chi connectivity index (χ0) is 8.23. The van der Waals surface area contributed by atoms with Crippen LogP contribution in [0.4, 0.5) is 5.69 Å². The number of aromatic amines is 1. The highest BCUT2D eigenvalue weighted by Crippen LogP contribution is 2.03. The van der Waals surface area contributed by atoms with Gasteiger partial charge in [0.1, 0.15) is 6.26 Å². The smallest absolute Gasteiger partial charge is 0.180 e. The van der Waals surface area contributed by atoms with Gasteiger partial charge in [-0.2, -0.15) is 5.10 Å². The predicted molar refractivity (Wildman–Crippen MR) is 42.4 cm³/mol. The molecule has 0 atom stereocenters. The Morgan fingerprint density at radius 3 is 3.25 bits per heavy atom. The molecule has 62 valence electrons. The molecule has 0 aliphatic carbocycles. The number of anilines is 1. The Kier molecular flexibility index (Phi) is 1.77. The van der Waals surface area contributed by atoms with Gasteiger partial charge in [0.15, 0.2) is 6.39 Å². The number of hydrogen-bond donors (Lipinski definition) is 2. The largest absolute Gasteiger partial charge is 0.451 e. The lowest BCUT2D eigenvalue weighted by Gasteiger charge is -1.97. The minimum absolute atomic E-state index is 0.649. The summed E-state index contributed by atoms with van der Waals surface area (Å²) in [6.07, 6.45) is 6.50. The molecule has 5 heteroatoms. The Hall–Kier alpha value is -1.78. The lowest BCUT2D eigenvalue weighted by atomic mass is 10.4. The average molecular weight is 164 g/mol. The molecule has 0 saturated heterocycles. The SMILES string of the molecule is c1nc(CNc2cn[nH]c2)co1. The number of nitrogens with zero attached hydrogens (tertiary/aromatic N) is 2. The van der Waals surface area contributed by atoms with E-state index in [1.807, 2.05) is 0 Å². The monoisotopic (exact) mass is 164 g/mol. The normalized spacial score (nSPS) is 10.0. The highest BCUT2D eigenvalue weighted by Gasteiger charge is 1.95. The van der Waals surface area contributed by atoms with Crippen molar-refractivity contribution in [2.24, 2.45) is 0 Å². The minimum atomic E-state index is 0.649. The van der Waals surface area contributed by atoms with Crippen LogP contribution in [0.5, 0.6) is 0 Å². The summed E-state index contributed by atoms with van der Waals surface area (Å²) >= 11 is 0. The van der Waals surface area contributed by atoms with Gasteiger partial charge in [-0.1, -0.05) is 0 Å². The Morgan fingerprint density at radius 2 is 2.58 bits per heavy atom. The standard InChI is InChI=1S/C7H8N4O/c1(7-4-12-5-9-7)8-6-2-10-11-3-6/h2-5,8H,1H2,(H,10,11). The molecule has 0 aliphatic rings. The molecule has 2 aromatic rings. The predicted octanol–water partition coefficient (Wildman–Crippen LogP) is 1.01. The van der Waals surface area contributed by atoms with Gasteiger partial charge in [-0.3, -0.25) is 5.10 Å². The van der Waals surface area contributed by atoms with Gasteiger partial charge >= 0.3 is 0 Å². The van der Waals surface area contributed by atoms with Gasteiger partial charge in [-0.05, 0) is 0 Å². The molecule has 0 aliphatic heterocycles. The van der Waals surface area contributed by atoms with Crippen molar-refractivity contribution >= 4 is 5.69 Å². The van der Waals surface area contributed by atoms with Crippen LogP contribution in [0.1, 0.15) is 5.69 Å². The topological polar surface area (TPSA) is 66.7 Å². The molecule has 12 heavy (non-hydrogen) atoms. The summed E-state index contributed by atoms with van der Waals surface area (Å²) in [6, 6.07) is 0. The second kappa shape index (κ2) is 3.08. The molecule has 0 aromatic carbocycles. The van der Waals surface area contributed by atoms with E-state index >= 15 is 0 Å². The van der Waals surface area contributed by atoms with Gasteiger partial charge in [0.2, 0.25) is 0 Å². The third kappa shape index (κ3) is 1.45. The fourth-order valence-electron chi connectivity index (χ4n) is 0.865. The van der Waals surface area contributed by atoms with Gasteiger partial charge in [-0.15, -0.1) is 0 Å². The number of nitrogens with one attached hydrogen (secondary N) is 2. The molecule has 2 aromatic heterocycles. The molecule has 5 nitrogen and oxygen atoms in total. The van der Waals surface area contributed by atoms with Crippen LogP contribution in [0.25, 0.3) is 0 Å². The highest BCUT2D eigenvalue weighted by atomic mass is 16.3. The summed E-state index contributed by atoms with van der Waals surface area (Å²) in [4.78, 5) is 3.96. The molecular weight excluding hydrogens is 156 g/mol. The van der Waals surface area contributed by atoms with Crippen molar-refractivity contribution in [2.45, 2.75) is 6.54 Å². The van der Waals surface area contributed by atoms with E-state index in [4.69, 9.17) is 4.42 Å². The molecule has 2 N–H and O–H groups in total. The van der Waals surface area contributed by atoms with Crippen molar-refractivity contribution in [2.75, 3.05) is 5.32 Å². The second-order valence-corrected chi connectivity index (χ2v) is 2.32. The molecule has 0 unspecified atom stereocenters. The quantitative estimate of drug-likeness (QED) is 0.710. The van der Waals surface area contributed by atoms with Gasteiger partial charge < -0.3 is 9.73 Å². The third-order valence-electron chi connectivity index (χ3n) is 1.46. The first-order valence-corrected chi connectivity index (χ1v) is 3.55. The Labute approximate surface area is 68.8 Å². The maximum atomic E-state index is 4.81. The van der Waals surface area contributed by atoms with Crippen molar-refractivity contribution in [1.82, 2.24) is 15.2 Å². The molecular formula is C7H8N4O. The van der Waals surface area contributed by atoms with Crippen LogP contribution in [0.2, 0.25) is 0 Å². The molecule has 0 fully saturated rings. The van der Waals surface area contributed by atoms with Crippen LogP contribution in [0.3, 0.4) is 0 Å². The fourth-order valence-corrected chi connectivity index (χ4v) is 0.865. The van der Waals surface area contributed by atoms with Gasteiger partial charge in [0, 0.05) is 6.20 Å². The summed E-state index contributed by atoms with van der Waals surface area (Å²) in [5, 5.41) is 9.61. The molecule has 0 spiro atoms. The van der Waals surface area contributed by atoms with Gasteiger partial charge in [-0.25, -0.2) is 4.98 Å². The first-order valence-electron chi connectivity index (χ1n) is 3.55. The molecule has 0 saturated carbocycles. The average Bonchev–Trinajstić information content (AvgIpc) is 2.74. The van der Waals surface area contributed by atoms with E-state index in [-0.39, 0.29) is 0 Å². The zero-order valence-corrected chi connectivity index (χ0v) is 6.32. The van der Waals surface area contributed by atoms with E-state index in [0.29, 0.717) is 6.54 Å². The first-order chi connectivity index (χ1) is 5.95. The summed E-state index contributed by atoms with van der Waals surface area (Å²) < 4.78 is 4.81. The lowest BCUT2D eigenvalue weighted by Crippen LogP contribution is -1.97. The Bertz CT molecular complexity index is 279. The van der Waals surface area contributed by atoms with Crippen molar-refractivity contribution < 1.29 is 4.42 Å². The summed E-state index contributed by atoms with van der Waals surface area (Å²) in [5.41, 5.74) is 1.81. The number of oxazole rings is 1. The summed E-state index contributed by atoms with van der Waals surface area (Å²) in [6.45, 7) is 0.649. The highest BCUT2D eigenvalue weighted by molar-refractivity contribution is 5.37. The molecule has 0 amide bonds. The fraction of sp³-hybridized carbons (Fsp3) is 0.143. The minimum Gasteiger partial charge on any atom is -0.451 e. The molecule has 2 heterocycles. The maximum absolute atomic E-state index is 4.81. The van der Waals surface area contributed by atoms with E-state index in [9.17, 15) is 0 Å². The zero-order valence-electron chi connectivity index (χ0n) is 6.32. The summed E-state index contributed by atoms with van der Waals surface area (Å²) in [7, 11) is 0. The van der Waals surface area contributed by atoms with Crippen LogP contribution >= 0.6 is 0 Å². The summed E-state index contributed by atoms with van der Waals surface area (Å²) in [5.74, 6) is 0.